The number of nitrogens with one attached hydrogen (secondary N) is 1. The first-order valence-corrected chi connectivity index (χ1v) is 5.22. The molecule has 0 radical (unpaired) electrons. The van der Waals surface area contributed by atoms with Crippen molar-refractivity contribution in [2.24, 2.45) is 4.99 Å². The number of nitrogens with zero attached hydrogens (tertiary/aromatic N) is 1. The number of hydrogen-bond donors (Lipinski definition) is 1. The Morgan fingerprint density at radius 3 is 2.40 bits per heavy atom. The van der Waals surface area contributed by atoms with Crippen molar-refractivity contribution >= 4 is 5.84 Å². The van der Waals surface area contributed by atoms with E-state index in [9.17, 15) is 0 Å². The van der Waals surface area contributed by atoms with Crippen LogP contribution in [0.3, 0.4) is 0 Å². The highest BCUT2D eigenvalue weighted by Gasteiger charge is 2.18. The molecule has 0 spiro atoms. The predicted molar refractivity (Wildman–Crippen MR) is 63.8 cm³/mol. The number of amidine groups is 1. The van der Waals surface area contributed by atoms with Crippen LogP contribution < -0.4 is 5.32 Å². The van der Waals surface area contributed by atoms with Gasteiger partial charge >= 0.3 is 0 Å². The highest BCUT2D eigenvalue weighted by molar-refractivity contribution is 5.83. The zero-order chi connectivity index (χ0) is 10.8. The van der Waals surface area contributed by atoms with Gasteiger partial charge in [0.2, 0.25) is 0 Å². The van der Waals surface area contributed by atoms with E-state index in [0.29, 0.717) is 0 Å². The molecule has 0 aromatic heterocycles. The van der Waals surface area contributed by atoms with Gasteiger partial charge in [-0.25, -0.2) is 0 Å². The van der Waals surface area contributed by atoms with Crippen molar-refractivity contribution in [3.63, 3.8) is 0 Å². The minimum absolute atomic E-state index is 0.187. The standard InChI is InChI=1S/C13H16N2/c1-9-10(2)14-11(3)15-13(9)12-7-5-4-6-8-12/h4-8,13H,1-3H3,(H,14,15). The van der Waals surface area contributed by atoms with E-state index >= 15 is 0 Å². The monoisotopic (exact) mass is 200 g/mol. The van der Waals surface area contributed by atoms with Crippen LogP contribution in [0.15, 0.2) is 46.6 Å². The molecule has 1 aromatic rings. The highest BCUT2D eigenvalue weighted by Crippen LogP contribution is 2.29. The van der Waals surface area contributed by atoms with Gasteiger partial charge in [0.1, 0.15) is 0 Å². The molecule has 2 heteroatoms. The lowest BCUT2D eigenvalue weighted by molar-refractivity contribution is 0.779. The van der Waals surface area contributed by atoms with Crippen molar-refractivity contribution in [1.82, 2.24) is 5.32 Å². The molecule has 2 nitrogen and oxygen atoms in total. The van der Waals surface area contributed by atoms with Gasteiger partial charge in [-0.05, 0) is 31.9 Å². The zero-order valence-electron chi connectivity index (χ0n) is 9.41. The molecular formula is C13H16N2. The van der Waals surface area contributed by atoms with Crippen molar-refractivity contribution < 1.29 is 0 Å². The van der Waals surface area contributed by atoms with E-state index in [4.69, 9.17) is 0 Å². The van der Waals surface area contributed by atoms with Gasteiger partial charge in [-0.3, -0.25) is 4.99 Å². The highest BCUT2D eigenvalue weighted by atomic mass is 15.0. The fourth-order valence-corrected chi connectivity index (χ4v) is 1.86. The topological polar surface area (TPSA) is 24.4 Å². The second-order valence-corrected chi connectivity index (χ2v) is 3.96. The van der Waals surface area contributed by atoms with Gasteiger partial charge in [0.05, 0.1) is 11.9 Å². The molecule has 1 atom stereocenters. The van der Waals surface area contributed by atoms with Gasteiger partial charge in [-0.2, -0.15) is 0 Å². The molecule has 15 heavy (non-hydrogen) atoms. The average Bonchev–Trinajstić information content (AvgIpc) is 2.24. The molecule has 1 aliphatic heterocycles. The maximum atomic E-state index is 4.63. The van der Waals surface area contributed by atoms with Crippen LogP contribution in [0.25, 0.3) is 0 Å². The molecule has 2 rings (SSSR count). The molecule has 0 fully saturated rings. The zero-order valence-corrected chi connectivity index (χ0v) is 9.41. The number of benzene rings is 1. The minimum Gasteiger partial charge on any atom is -0.348 e. The van der Waals surface area contributed by atoms with E-state index < -0.39 is 0 Å². The van der Waals surface area contributed by atoms with Crippen LogP contribution in [0.2, 0.25) is 0 Å². The summed E-state index contributed by atoms with van der Waals surface area (Å²) in [5.74, 6) is 0.993. The van der Waals surface area contributed by atoms with Crippen molar-refractivity contribution in [1.29, 1.82) is 0 Å². The van der Waals surface area contributed by atoms with E-state index in [0.717, 1.165) is 5.84 Å². The van der Waals surface area contributed by atoms with Crippen molar-refractivity contribution in [3.8, 4) is 0 Å². The Bertz CT molecular complexity index is 415. The summed E-state index contributed by atoms with van der Waals surface area (Å²) >= 11 is 0. The Morgan fingerprint density at radius 1 is 1.07 bits per heavy atom. The Labute approximate surface area is 90.7 Å². The van der Waals surface area contributed by atoms with E-state index in [1.165, 1.54) is 16.8 Å². The third kappa shape index (κ3) is 1.94. The van der Waals surface area contributed by atoms with Crippen molar-refractivity contribution in [3.05, 3.63) is 47.2 Å². The lowest BCUT2D eigenvalue weighted by Crippen LogP contribution is -2.25. The van der Waals surface area contributed by atoms with Crippen LogP contribution in [0.5, 0.6) is 0 Å². The molecule has 1 N–H and O–H groups in total. The Balaban J connectivity index is 2.40. The summed E-state index contributed by atoms with van der Waals surface area (Å²) in [6, 6.07) is 10.6. The van der Waals surface area contributed by atoms with E-state index in [-0.39, 0.29) is 6.04 Å². The van der Waals surface area contributed by atoms with Crippen LogP contribution in [0.1, 0.15) is 32.4 Å². The number of rotatable bonds is 1. The molecule has 0 saturated heterocycles. The molecule has 78 valence electrons. The SMILES string of the molecule is CC1=NC(c2ccccc2)C(C)=C(C)N1. The first-order valence-electron chi connectivity index (χ1n) is 5.22. The largest absolute Gasteiger partial charge is 0.348 e. The van der Waals surface area contributed by atoms with Crippen LogP contribution in [0.4, 0.5) is 0 Å². The second-order valence-electron chi connectivity index (χ2n) is 3.96. The van der Waals surface area contributed by atoms with Gasteiger partial charge in [0, 0.05) is 5.70 Å². The van der Waals surface area contributed by atoms with Gasteiger partial charge in [0.15, 0.2) is 0 Å². The molecule has 1 heterocycles. The predicted octanol–water partition coefficient (Wildman–Crippen LogP) is 3.04. The van der Waals surface area contributed by atoms with Crippen LogP contribution in [-0.4, -0.2) is 5.84 Å². The first-order chi connectivity index (χ1) is 7.18. The fourth-order valence-electron chi connectivity index (χ4n) is 1.86. The smallest absolute Gasteiger partial charge is 0.0996 e. The molecular weight excluding hydrogens is 184 g/mol. The molecule has 1 aromatic carbocycles. The third-order valence-electron chi connectivity index (χ3n) is 2.81. The van der Waals surface area contributed by atoms with Gasteiger partial charge in [-0.1, -0.05) is 30.3 Å². The average molecular weight is 200 g/mol. The summed E-state index contributed by atoms with van der Waals surface area (Å²) in [6.45, 7) is 6.24. The number of aliphatic imine (C=N–C) groups is 1. The van der Waals surface area contributed by atoms with Crippen molar-refractivity contribution in [2.75, 3.05) is 0 Å². The van der Waals surface area contributed by atoms with E-state index in [2.05, 4.69) is 48.4 Å². The molecule has 0 saturated carbocycles. The summed E-state index contributed by atoms with van der Waals surface area (Å²) in [6.07, 6.45) is 0. The summed E-state index contributed by atoms with van der Waals surface area (Å²) in [5, 5.41) is 3.26. The fraction of sp³-hybridized carbons (Fsp3) is 0.308. The maximum Gasteiger partial charge on any atom is 0.0996 e. The number of allylic oxidation sites excluding steroid dienone is 1. The van der Waals surface area contributed by atoms with Gasteiger partial charge in [-0.15, -0.1) is 0 Å². The quantitative estimate of drug-likeness (QED) is 0.740. The molecule has 0 aliphatic carbocycles. The molecule has 1 unspecified atom stereocenters. The molecule has 0 amide bonds. The normalized spacial score (nSPS) is 21.0. The Morgan fingerprint density at radius 2 is 1.73 bits per heavy atom. The van der Waals surface area contributed by atoms with Crippen LogP contribution >= 0.6 is 0 Å². The summed E-state index contributed by atoms with van der Waals surface area (Å²) in [5.41, 5.74) is 3.78. The molecule has 0 bridgehead atoms. The van der Waals surface area contributed by atoms with E-state index in [1.54, 1.807) is 0 Å². The number of hydrogen-bond acceptors (Lipinski definition) is 2. The van der Waals surface area contributed by atoms with Gasteiger partial charge < -0.3 is 5.32 Å². The lowest BCUT2D eigenvalue weighted by atomic mass is 9.98. The van der Waals surface area contributed by atoms with Crippen LogP contribution in [0, 0.1) is 0 Å². The molecule has 1 aliphatic rings. The summed E-state index contributed by atoms with van der Waals surface area (Å²) in [7, 11) is 0. The lowest BCUT2D eigenvalue weighted by Gasteiger charge is -2.23. The summed E-state index contributed by atoms with van der Waals surface area (Å²) in [4.78, 5) is 4.63. The first kappa shape index (κ1) is 9.97. The van der Waals surface area contributed by atoms with Crippen molar-refractivity contribution in [2.45, 2.75) is 26.8 Å². The third-order valence-corrected chi connectivity index (χ3v) is 2.81. The second kappa shape index (κ2) is 3.89. The van der Waals surface area contributed by atoms with Crippen LogP contribution in [-0.2, 0) is 0 Å². The Hall–Kier alpha value is -1.57. The minimum atomic E-state index is 0.187. The van der Waals surface area contributed by atoms with Gasteiger partial charge in [0.25, 0.3) is 0 Å². The van der Waals surface area contributed by atoms with E-state index in [1.807, 2.05) is 13.0 Å². The summed E-state index contributed by atoms with van der Waals surface area (Å²) < 4.78 is 0. The Kier molecular flexibility index (Phi) is 2.58. The maximum absolute atomic E-state index is 4.63.